The molecule has 0 fully saturated rings. The number of thiophene rings is 1. The zero-order chi connectivity index (χ0) is 20.8. The summed E-state index contributed by atoms with van der Waals surface area (Å²) in [6, 6.07) is 7.94. The SMILES string of the molecule is CCN(CC)CCN(C(=O)C=Cc1cccs1)c1nc2c(OC)ccc(C)c2s1.Cl. The first kappa shape index (κ1) is 24.3. The lowest BCUT2D eigenvalue weighted by Gasteiger charge is -2.23. The van der Waals surface area contributed by atoms with Gasteiger partial charge >= 0.3 is 0 Å². The number of methoxy groups -OCH3 is 1. The standard InChI is InChI=1S/C22H27N3O2S2.ClH/c1-5-24(6-2)13-14-25(19(26)12-10-17-8-7-15-28-17)22-23-20-18(27-4)11-9-16(3)21(20)29-22;/h7-12,15H,5-6,13-14H2,1-4H3;1H. The third-order valence-corrected chi connectivity index (χ3v) is 6.93. The Bertz CT molecular complexity index is 982. The van der Waals surface area contributed by atoms with E-state index in [4.69, 9.17) is 9.72 Å². The Morgan fingerprint density at radius 1 is 1.20 bits per heavy atom. The number of carbonyl (C=O) groups is 1. The summed E-state index contributed by atoms with van der Waals surface area (Å²) in [5, 5.41) is 2.71. The molecule has 0 saturated carbocycles. The predicted octanol–water partition coefficient (Wildman–Crippen LogP) is 5.48. The van der Waals surface area contributed by atoms with Gasteiger partial charge in [0.05, 0.1) is 11.8 Å². The molecule has 2 heterocycles. The largest absolute Gasteiger partial charge is 0.494 e. The molecule has 3 aromatic rings. The highest BCUT2D eigenvalue weighted by Gasteiger charge is 2.20. The van der Waals surface area contributed by atoms with Gasteiger partial charge in [-0.05, 0) is 49.2 Å². The van der Waals surface area contributed by atoms with Gasteiger partial charge in [-0.3, -0.25) is 9.69 Å². The highest BCUT2D eigenvalue weighted by Crippen LogP contribution is 2.36. The Labute approximate surface area is 192 Å². The van der Waals surface area contributed by atoms with Crippen LogP contribution >= 0.6 is 35.1 Å². The number of anilines is 1. The van der Waals surface area contributed by atoms with Crippen LogP contribution in [0.15, 0.2) is 35.7 Å². The van der Waals surface area contributed by atoms with Crippen molar-refractivity contribution in [3.63, 3.8) is 0 Å². The van der Waals surface area contributed by atoms with Crippen molar-refractivity contribution in [3.05, 3.63) is 46.2 Å². The van der Waals surface area contributed by atoms with Gasteiger partial charge in [0.15, 0.2) is 5.13 Å². The van der Waals surface area contributed by atoms with Gasteiger partial charge in [0, 0.05) is 24.0 Å². The van der Waals surface area contributed by atoms with Crippen LogP contribution in [0.2, 0.25) is 0 Å². The molecule has 0 radical (unpaired) electrons. The van der Waals surface area contributed by atoms with Gasteiger partial charge < -0.3 is 9.64 Å². The molecule has 1 aromatic carbocycles. The molecule has 0 spiro atoms. The van der Waals surface area contributed by atoms with Crippen LogP contribution in [0.25, 0.3) is 16.3 Å². The van der Waals surface area contributed by atoms with Crippen molar-refractivity contribution in [2.75, 3.05) is 38.2 Å². The summed E-state index contributed by atoms with van der Waals surface area (Å²) >= 11 is 3.16. The number of halogens is 1. The number of carbonyl (C=O) groups excluding carboxylic acids is 1. The first-order chi connectivity index (χ1) is 14.1. The van der Waals surface area contributed by atoms with Crippen LogP contribution in [0.3, 0.4) is 0 Å². The smallest absolute Gasteiger partial charge is 0.252 e. The van der Waals surface area contributed by atoms with Crippen molar-refractivity contribution in [1.82, 2.24) is 9.88 Å². The first-order valence-electron chi connectivity index (χ1n) is 9.76. The van der Waals surface area contributed by atoms with E-state index < -0.39 is 0 Å². The quantitative estimate of drug-likeness (QED) is 0.392. The Balaban J connectivity index is 0.00000320. The number of amides is 1. The second kappa shape index (κ2) is 11.5. The molecule has 0 bridgehead atoms. The normalized spacial score (nSPS) is 11.2. The maximum absolute atomic E-state index is 13.1. The topological polar surface area (TPSA) is 45.7 Å². The average molecular weight is 466 g/mol. The summed E-state index contributed by atoms with van der Waals surface area (Å²) in [4.78, 5) is 23.0. The molecular weight excluding hydrogens is 438 g/mol. The third kappa shape index (κ3) is 5.60. The lowest BCUT2D eigenvalue weighted by atomic mass is 10.2. The summed E-state index contributed by atoms with van der Waals surface area (Å²) in [7, 11) is 1.65. The highest BCUT2D eigenvalue weighted by molar-refractivity contribution is 7.22. The molecule has 0 saturated heterocycles. The van der Waals surface area contributed by atoms with Crippen LogP contribution in [0.4, 0.5) is 5.13 Å². The van der Waals surface area contributed by atoms with Crippen molar-refractivity contribution in [2.24, 2.45) is 0 Å². The van der Waals surface area contributed by atoms with Gasteiger partial charge in [-0.15, -0.1) is 23.7 Å². The fourth-order valence-corrected chi connectivity index (χ4v) is 4.79. The minimum absolute atomic E-state index is 0. The minimum atomic E-state index is -0.0544. The summed E-state index contributed by atoms with van der Waals surface area (Å²) < 4.78 is 6.54. The molecule has 0 aliphatic carbocycles. The molecule has 0 atom stereocenters. The lowest BCUT2D eigenvalue weighted by molar-refractivity contribution is -0.114. The van der Waals surface area contributed by atoms with E-state index in [-0.39, 0.29) is 18.3 Å². The molecule has 0 aliphatic rings. The third-order valence-electron chi connectivity index (χ3n) is 4.88. The van der Waals surface area contributed by atoms with Gasteiger partial charge in [0.25, 0.3) is 5.91 Å². The van der Waals surface area contributed by atoms with Crippen LogP contribution < -0.4 is 9.64 Å². The van der Waals surface area contributed by atoms with Crippen LogP contribution in [0.1, 0.15) is 24.3 Å². The number of thiazole rings is 1. The molecule has 0 unspecified atom stereocenters. The molecule has 0 aliphatic heterocycles. The highest BCUT2D eigenvalue weighted by atomic mass is 35.5. The molecule has 1 amide bonds. The lowest BCUT2D eigenvalue weighted by Crippen LogP contribution is -2.38. The van der Waals surface area contributed by atoms with E-state index in [0.717, 1.165) is 46.0 Å². The molecule has 3 rings (SSSR count). The van der Waals surface area contributed by atoms with E-state index in [9.17, 15) is 4.79 Å². The molecule has 0 N–H and O–H groups in total. The maximum Gasteiger partial charge on any atom is 0.252 e. The van der Waals surface area contributed by atoms with Gasteiger partial charge in [0.2, 0.25) is 0 Å². The van der Waals surface area contributed by atoms with E-state index in [1.807, 2.05) is 35.7 Å². The van der Waals surface area contributed by atoms with Crippen molar-refractivity contribution < 1.29 is 9.53 Å². The summed E-state index contributed by atoms with van der Waals surface area (Å²) in [6.07, 6.45) is 3.51. The molecule has 8 heteroatoms. The molecular formula is C22H28ClN3O2S2. The molecule has 5 nitrogen and oxygen atoms in total. The number of benzene rings is 1. The molecule has 162 valence electrons. The Hall–Kier alpha value is -1.93. The summed E-state index contributed by atoms with van der Waals surface area (Å²) in [5.74, 6) is 0.680. The Morgan fingerprint density at radius 2 is 1.97 bits per heavy atom. The van der Waals surface area contributed by atoms with E-state index in [2.05, 4.69) is 25.7 Å². The van der Waals surface area contributed by atoms with Crippen LogP contribution in [0.5, 0.6) is 5.75 Å². The van der Waals surface area contributed by atoms with E-state index in [1.54, 1.807) is 40.8 Å². The van der Waals surface area contributed by atoms with Crippen LogP contribution in [-0.4, -0.2) is 49.1 Å². The number of likely N-dealkylation sites (N-methyl/N-ethyl adjacent to an activating group) is 1. The molecule has 30 heavy (non-hydrogen) atoms. The average Bonchev–Trinajstić information content (AvgIpc) is 3.40. The zero-order valence-corrected chi connectivity index (χ0v) is 20.2. The number of nitrogens with zero attached hydrogens (tertiary/aromatic N) is 3. The summed E-state index contributed by atoms with van der Waals surface area (Å²) in [5.41, 5.74) is 1.95. The number of rotatable bonds is 9. The first-order valence-corrected chi connectivity index (χ1v) is 11.5. The second-order valence-corrected chi connectivity index (χ2v) is 8.58. The van der Waals surface area contributed by atoms with Gasteiger partial charge in [0.1, 0.15) is 11.3 Å². The van der Waals surface area contributed by atoms with Crippen LogP contribution in [0, 0.1) is 6.92 Å². The fraction of sp³-hybridized carbons (Fsp3) is 0.364. The van der Waals surface area contributed by atoms with Crippen LogP contribution in [-0.2, 0) is 4.79 Å². The van der Waals surface area contributed by atoms with Gasteiger partial charge in [-0.1, -0.05) is 37.3 Å². The minimum Gasteiger partial charge on any atom is -0.494 e. The van der Waals surface area contributed by atoms with Gasteiger partial charge in [-0.25, -0.2) is 4.98 Å². The molecule has 2 aromatic heterocycles. The van der Waals surface area contributed by atoms with Crippen molar-refractivity contribution in [2.45, 2.75) is 20.8 Å². The van der Waals surface area contributed by atoms with Gasteiger partial charge in [-0.2, -0.15) is 0 Å². The Morgan fingerprint density at radius 3 is 2.60 bits per heavy atom. The number of hydrogen-bond donors (Lipinski definition) is 0. The number of hydrogen-bond acceptors (Lipinski definition) is 6. The van der Waals surface area contributed by atoms with Crippen molar-refractivity contribution >= 4 is 62.4 Å². The van der Waals surface area contributed by atoms with E-state index >= 15 is 0 Å². The summed E-state index contributed by atoms with van der Waals surface area (Å²) in [6.45, 7) is 9.64. The zero-order valence-electron chi connectivity index (χ0n) is 17.8. The van der Waals surface area contributed by atoms with E-state index in [0.29, 0.717) is 11.7 Å². The number of fused-ring (bicyclic) bond motifs is 1. The maximum atomic E-state index is 13.1. The monoisotopic (exact) mass is 465 g/mol. The number of aromatic nitrogens is 1. The number of ether oxygens (including phenoxy) is 1. The number of aryl methyl sites for hydroxylation is 1. The fourth-order valence-electron chi connectivity index (χ4n) is 3.09. The van der Waals surface area contributed by atoms with Crippen molar-refractivity contribution in [3.8, 4) is 5.75 Å². The van der Waals surface area contributed by atoms with E-state index in [1.165, 1.54) is 0 Å². The second-order valence-electron chi connectivity index (χ2n) is 6.62. The predicted molar refractivity (Wildman–Crippen MR) is 132 cm³/mol. The van der Waals surface area contributed by atoms with Crippen molar-refractivity contribution in [1.29, 1.82) is 0 Å². The Kier molecular flexibility index (Phi) is 9.30.